The van der Waals surface area contributed by atoms with Crippen LogP contribution in [0.2, 0.25) is 0 Å². The molecule has 2 heterocycles. The maximum atomic E-state index is 9.47. The van der Waals surface area contributed by atoms with Crippen molar-refractivity contribution in [1.29, 1.82) is 5.26 Å². The van der Waals surface area contributed by atoms with Crippen molar-refractivity contribution in [2.24, 2.45) is 0 Å². The largest absolute Gasteiger partial charge is 0.457 e. The van der Waals surface area contributed by atoms with Crippen LogP contribution in [0.3, 0.4) is 0 Å². The third-order valence-electron chi connectivity index (χ3n) is 11.6. The van der Waals surface area contributed by atoms with Crippen molar-refractivity contribution >= 4 is 0 Å². The molecular weight excluding hydrogens is 707 g/mol. The summed E-state index contributed by atoms with van der Waals surface area (Å²) in [5.74, 6) is 2.35. The zero-order chi connectivity index (χ0) is 38.6. The van der Waals surface area contributed by atoms with Gasteiger partial charge in [-0.2, -0.15) is 5.26 Å². The van der Waals surface area contributed by atoms with Gasteiger partial charge < -0.3 is 4.74 Å². The van der Waals surface area contributed by atoms with Crippen molar-refractivity contribution in [2.45, 2.75) is 5.41 Å². The second-order valence-corrected chi connectivity index (χ2v) is 14.8. The Morgan fingerprint density at radius 2 is 0.810 bits per heavy atom. The van der Waals surface area contributed by atoms with Gasteiger partial charge in [-0.15, -0.1) is 0 Å². The van der Waals surface area contributed by atoms with Crippen molar-refractivity contribution in [3.63, 3.8) is 0 Å². The summed E-state index contributed by atoms with van der Waals surface area (Å²) in [6.45, 7) is 0. The molecular formula is C54H33N3O. The van der Waals surface area contributed by atoms with Crippen LogP contribution in [-0.2, 0) is 5.41 Å². The van der Waals surface area contributed by atoms with Gasteiger partial charge in [0.25, 0.3) is 0 Å². The Morgan fingerprint density at radius 3 is 1.31 bits per heavy atom. The summed E-state index contributed by atoms with van der Waals surface area (Å²) >= 11 is 0. The molecule has 1 spiro atoms. The monoisotopic (exact) mass is 739 g/mol. The van der Waals surface area contributed by atoms with Gasteiger partial charge in [0.1, 0.15) is 11.5 Å². The van der Waals surface area contributed by atoms with Crippen LogP contribution < -0.4 is 4.74 Å². The number of rotatable bonds is 5. The summed E-state index contributed by atoms with van der Waals surface area (Å²) < 4.78 is 6.83. The summed E-state index contributed by atoms with van der Waals surface area (Å²) in [5.41, 5.74) is 16.2. The van der Waals surface area contributed by atoms with Gasteiger partial charge in [0.05, 0.1) is 28.4 Å². The van der Waals surface area contributed by atoms with E-state index in [0.717, 1.165) is 73.0 Å². The molecule has 4 nitrogen and oxygen atoms in total. The molecule has 0 saturated carbocycles. The molecule has 0 amide bonds. The number of hydrogen-bond donors (Lipinski definition) is 0. The Morgan fingerprint density at radius 1 is 0.379 bits per heavy atom. The fourth-order valence-corrected chi connectivity index (χ4v) is 8.90. The van der Waals surface area contributed by atoms with E-state index in [1.165, 1.54) is 22.3 Å². The lowest BCUT2D eigenvalue weighted by molar-refractivity contribution is 0.436. The number of nitriles is 1. The third-order valence-corrected chi connectivity index (χ3v) is 11.6. The Bertz CT molecular complexity index is 2970. The molecule has 0 N–H and O–H groups in total. The van der Waals surface area contributed by atoms with Crippen molar-refractivity contribution in [3.8, 4) is 84.9 Å². The molecule has 4 heteroatoms. The molecule has 1 aromatic heterocycles. The van der Waals surface area contributed by atoms with E-state index in [-0.39, 0.29) is 0 Å². The smallest absolute Gasteiger partial charge is 0.160 e. The predicted molar refractivity (Wildman–Crippen MR) is 231 cm³/mol. The van der Waals surface area contributed by atoms with Crippen LogP contribution in [0.15, 0.2) is 200 Å². The first-order valence-corrected chi connectivity index (χ1v) is 19.4. The van der Waals surface area contributed by atoms with Gasteiger partial charge in [0.2, 0.25) is 0 Å². The van der Waals surface area contributed by atoms with Crippen molar-refractivity contribution in [2.75, 3.05) is 0 Å². The number of benzene rings is 8. The second-order valence-electron chi connectivity index (χ2n) is 14.8. The Balaban J connectivity index is 1.06. The standard InChI is InChI=1S/C54H33N3O/c55-34-35-19-21-36(22-20-35)41-27-29-51-47(31-41)54(45-17-9-7-15-43(45)44-16-8-10-18-46(44)54)48-32-42(28-30-52(48)58-51)37-23-25-40(26-24-37)53-56-49(38-11-3-1-4-12-38)33-50(57-53)39-13-5-2-6-14-39/h1-33H. The molecule has 0 saturated heterocycles. The molecule has 0 bridgehead atoms. The van der Waals surface area contributed by atoms with E-state index >= 15 is 0 Å². The summed E-state index contributed by atoms with van der Waals surface area (Å²) in [6.07, 6.45) is 0. The van der Waals surface area contributed by atoms with E-state index in [1.54, 1.807) is 0 Å². The zero-order valence-corrected chi connectivity index (χ0v) is 31.3. The topological polar surface area (TPSA) is 58.8 Å². The number of aromatic nitrogens is 2. The van der Waals surface area contributed by atoms with E-state index in [1.807, 2.05) is 60.7 Å². The minimum atomic E-state index is -0.631. The van der Waals surface area contributed by atoms with E-state index in [2.05, 4.69) is 146 Å². The SMILES string of the molecule is N#Cc1ccc(-c2ccc3c(c2)C2(c4cc(-c5ccc(-c6nc(-c7ccccc7)cc(-c7ccccc7)n6)cc5)ccc4O3)c3ccccc3-c3ccccc32)cc1. The first-order chi connectivity index (χ1) is 28.7. The van der Waals surface area contributed by atoms with Gasteiger partial charge in [-0.25, -0.2) is 9.97 Å². The van der Waals surface area contributed by atoms with Gasteiger partial charge in [0, 0.05) is 27.8 Å². The molecule has 0 fully saturated rings. The van der Waals surface area contributed by atoms with Crippen LogP contribution in [0.25, 0.3) is 67.3 Å². The number of fused-ring (bicyclic) bond motifs is 9. The molecule has 2 aliphatic rings. The fourth-order valence-electron chi connectivity index (χ4n) is 8.90. The van der Waals surface area contributed by atoms with Crippen LogP contribution in [0.4, 0.5) is 0 Å². The van der Waals surface area contributed by atoms with Crippen LogP contribution >= 0.6 is 0 Å². The molecule has 9 aromatic rings. The van der Waals surface area contributed by atoms with Crippen molar-refractivity contribution < 1.29 is 4.74 Å². The highest BCUT2D eigenvalue weighted by atomic mass is 16.5. The summed E-state index contributed by atoms with van der Waals surface area (Å²) in [5, 5.41) is 9.47. The molecule has 1 aliphatic heterocycles. The molecule has 1 aliphatic carbocycles. The van der Waals surface area contributed by atoms with Crippen LogP contribution in [0, 0.1) is 11.3 Å². The zero-order valence-electron chi connectivity index (χ0n) is 31.3. The minimum Gasteiger partial charge on any atom is -0.457 e. The van der Waals surface area contributed by atoms with E-state index in [4.69, 9.17) is 14.7 Å². The van der Waals surface area contributed by atoms with Crippen LogP contribution in [0.1, 0.15) is 27.8 Å². The molecule has 0 radical (unpaired) electrons. The van der Waals surface area contributed by atoms with Crippen molar-refractivity contribution in [1.82, 2.24) is 9.97 Å². The fraction of sp³-hybridized carbons (Fsp3) is 0.0185. The number of ether oxygens (including phenoxy) is 1. The second kappa shape index (κ2) is 13.4. The predicted octanol–water partition coefficient (Wildman–Crippen LogP) is 13.2. The van der Waals surface area contributed by atoms with Crippen LogP contribution in [-0.4, -0.2) is 9.97 Å². The molecule has 58 heavy (non-hydrogen) atoms. The third kappa shape index (κ3) is 5.29. The number of nitrogens with zero attached hydrogens (tertiary/aromatic N) is 3. The highest BCUT2D eigenvalue weighted by molar-refractivity contribution is 5.90. The Labute approximate surface area is 337 Å². The lowest BCUT2D eigenvalue weighted by Crippen LogP contribution is -2.32. The summed E-state index contributed by atoms with van der Waals surface area (Å²) in [6, 6.07) is 71.9. The average molecular weight is 740 g/mol. The molecule has 8 aromatic carbocycles. The number of hydrogen-bond acceptors (Lipinski definition) is 4. The van der Waals surface area contributed by atoms with Crippen LogP contribution in [0.5, 0.6) is 11.5 Å². The summed E-state index contributed by atoms with van der Waals surface area (Å²) in [7, 11) is 0. The highest BCUT2D eigenvalue weighted by Crippen LogP contribution is 2.62. The van der Waals surface area contributed by atoms with Gasteiger partial charge in [0.15, 0.2) is 5.82 Å². The lowest BCUT2D eigenvalue weighted by Gasteiger charge is -2.40. The molecule has 11 rings (SSSR count). The quantitative estimate of drug-likeness (QED) is 0.176. The molecule has 0 atom stereocenters. The van der Waals surface area contributed by atoms with E-state index in [0.29, 0.717) is 11.4 Å². The Hall–Kier alpha value is -7.87. The normalized spacial score (nSPS) is 12.7. The minimum absolute atomic E-state index is 0.631. The van der Waals surface area contributed by atoms with E-state index < -0.39 is 5.41 Å². The Kier molecular flexibility index (Phi) is 7.74. The molecule has 0 unspecified atom stereocenters. The first kappa shape index (κ1) is 33.5. The average Bonchev–Trinajstić information content (AvgIpc) is 3.60. The van der Waals surface area contributed by atoms with Crippen molar-refractivity contribution in [3.05, 3.63) is 228 Å². The lowest BCUT2D eigenvalue weighted by atomic mass is 9.65. The van der Waals surface area contributed by atoms with Gasteiger partial charge in [-0.3, -0.25) is 0 Å². The van der Waals surface area contributed by atoms with Gasteiger partial charge in [-0.1, -0.05) is 158 Å². The molecule has 270 valence electrons. The highest BCUT2D eigenvalue weighted by Gasteiger charge is 2.51. The summed E-state index contributed by atoms with van der Waals surface area (Å²) in [4.78, 5) is 10.1. The van der Waals surface area contributed by atoms with Gasteiger partial charge in [-0.05, 0) is 87.0 Å². The van der Waals surface area contributed by atoms with Gasteiger partial charge >= 0.3 is 0 Å². The maximum absolute atomic E-state index is 9.47. The first-order valence-electron chi connectivity index (χ1n) is 19.4. The maximum Gasteiger partial charge on any atom is 0.160 e. The van der Waals surface area contributed by atoms with E-state index in [9.17, 15) is 5.26 Å².